The molecular formula is C15H14ClN3O2. The van der Waals surface area contributed by atoms with Crippen molar-refractivity contribution >= 4 is 34.9 Å². The second-order valence-electron chi connectivity index (χ2n) is 4.35. The van der Waals surface area contributed by atoms with Crippen LogP contribution in [0.15, 0.2) is 48.5 Å². The number of nitrogens with two attached hydrogens (primary N) is 1. The third-order valence-electron chi connectivity index (χ3n) is 2.76. The Hall–Kier alpha value is -2.53. The molecule has 0 aromatic heterocycles. The first-order valence-corrected chi connectivity index (χ1v) is 6.74. The van der Waals surface area contributed by atoms with Gasteiger partial charge in [-0.15, -0.1) is 11.6 Å². The van der Waals surface area contributed by atoms with Gasteiger partial charge in [-0.05, 0) is 35.9 Å². The minimum Gasteiger partial charge on any atom is -0.351 e. The molecule has 0 fully saturated rings. The lowest BCUT2D eigenvalue weighted by atomic mass is 10.1. The number of hydrogen-bond acceptors (Lipinski definition) is 2. The van der Waals surface area contributed by atoms with E-state index >= 15 is 0 Å². The van der Waals surface area contributed by atoms with E-state index in [9.17, 15) is 9.59 Å². The molecule has 6 heteroatoms. The van der Waals surface area contributed by atoms with Gasteiger partial charge in [0.2, 0.25) is 0 Å². The molecule has 0 aliphatic carbocycles. The Kier molecular flexibility index (Phi) is 4.79. The fraction of sp³-hybridized carbons (Fsp3) is 0.0667. The summed E-state index contributed by atoms with van der Waals surface area (Å²) in [6.45, 7) is 0. The monoisotopic (exact) mass is 303 g/mol. The molecular weight excluding hydrogens is 290 g/mol. The number of rotatable bonds is 4. The minimum atomic E-state index is -0.657. The smallest absolute Gasteiger partial charge is 0.316 e. The molecule has 3 amide bonds. The molecule has 2 rings (SSSR count). The van der Waals surface area contributed by atoms with Crippen molar-refractivity contribution in [2.45, 2.75) is 5.88 Å². The molecule has 0 heterocycles. The topological polar surface area (TPSA) is 84.2 Å². The van der Waals surface area contributed by atoms with E-state index in [1.807, 2.05) is 0 Å². The van der Waals surface area contributed by atoms with Crippen LogP contribution in [0, 0.1) is 0 Å². The van der Waals surface area contributed by atoms with Crippen molar-refractivity contribution in [3.8, 4) is 0 Å². The van der Waals surface area contributed by atoms with Gasteiger partial charge >= 0.3 is 6.03 Å². The molecule has 0 saturated carbocycles. The number of halogens is 1. The van der Waals surface area contributed by atoms with Crippen molar-refractivity contribution in [1.82, 2.24) is 0 Å². The molecule has 21 heavy (non-hydrogen) atoms. The Morgan fingerprint density at radius 2 is 1.62 bits per heavy atom. The number of amides is 3. The second-order valence-corrected chi connectivity index (χ2v) is 4.62. The summed E-state index contributed by atoms with van der Waals surface area (Å²) in [5, 5.41) is 5.19. The summed E-state index contributed by atoms with van der Waals surface area (Å²) in [7, 11) is 0. The van der Waals surface area contributed by atoms with Crippen LogP contribution in [-0.4, -0.2) is 11.9 Å². The Balaban J connectivity index is 2.09. The molecule has 108 valence electrons. The van der Waals surface area contributed by atoms with E-state index in [0.717, 1.165) is 5.56 Å². The van der Waals surface area contributed by atoms with Gasteiger partial charge in [0.05, 0.1) is 0 Å². The lowest BCUT2D eigenvalue weighted by molar-refractivity contribution is 0.102. The minimum absolute atomic E-state index is 0.243. The summed E-state index contributed by atoms with van der Waals surface area (Å²) in [5.41, 5.74) is 7.59. The number of alkyl halides is 1. The average Bonchev–Trinajstić information content (AvgIpc) is 2.47. The fourth-order valence-electron chi connectivity index (χ4n) is 1.77. The highest BCUT2D eigenvalue weighted by Gasteiger charge is 2.06. The fourth-order valence-corrected chi connectivity index (χ4v) is 1.94. The number of urea groups is 1. The molecule has 0 spiro atoms. The van der Waals surface area contributed by atoms with Crippen LogP contribution < -0.4 is 16.4 Å². The van der Waals surface area contributed by atoms with Crippen LogP contribution in [0.4, 0.5) is 16.2 Å². The first-order chi connectivity index (χ1) is 10.1. The Morgan fingerprint density at radius 1 is 1.00 bits per heavy atom. The second kappa shape index (κ2) is 6.76. The van der Waals surface area contributed by atoms with Crippen molar-refractivity contribution in [3.05, 3.63) is 59.7 Å². The van der Waals surface area contributed by atoms with Gasteiger partial charge in [-0.1, -0.05) is 18.2 Å². The molecule has 0 saturated heterocycles. The van der Waals surface area contributed by atoms with E-state index in [1.165, 1.54) is 0 Å². The van der Waals surface area contributed by atoms with Crippen LogP contribution in [0.3, 0.4) is 0 Å². The molecule has 0 unspecified atom stereocenters. The van der Waals surface area contributed by atoms with Gasteiger partial charge in [-0.2, -0.15) is 0 Å². The first kappa shape index (κ1) is 14.9. The molecule has 0 radical (unpaired) electrons. The van der Waals surface area contributed by atoms with Gasteiger partial charge in [0, 0.05) is 22.8 Å². The van der Waals surface area contributed by atoms with Gasteiger partial charge in [0.25, 0.3) is 5.91 Å². The Morgan fingerprint density at radius 3 is 2.19 bits per heavy atom. The van der Waals surface area contributed by atoms with E-state index < -0.39 is 6.03 Å². The van der Waals surface area contributed by atoms with Gasteiger partial charge in [-0.3, -0.25) is 4.79 Å². The summed E-state index contributed by atoms with van der Waals surface area (Å²) >= 11 is 5.70. The van der Waals surface area contributed by atoms with Crippen LogP contribution in [0.25, 0.3) is 0 Å². The molecule has 2 aromatic rings. The number of benzene rings is 2. The van der Waals surface area contributed by atoms with Gasteiger partial charge in [0.1, 0.15) is 0 Å². The lowest BCUT2D eigenvalue weighted by Gasteiger charge is -2.08. The van der Waals surface area contributed by atoms with Crippen molar-refractivity contribution in [2.75, 3.05) is 10.6 Å². The van der Waals surface area contributed by atoms with Crippen molar-refractivity contribution in [2.24, 2.45) is 5.73 Å². The third kappa shape index (κ3) is 4.22. The summed E-state index contributed by atoms with van der Waals surface area (Å²) < 4.78 is 0. The highest BCUT2D eigenvalue weighted by atomic mass is 35.5. The Labute approximate surface area is 127 Å². The quantitative estimate of drug-likeness (QED) is 0.758. The SMILES string of the molecule is NC(=O)Nc1cccc(NC(=O)c2ccc(CCl)cc2)c1. The van der Waals surface area contributed by atoms with Crippen LogP contribution in [0.2, 0.25) is 0 Å². The zero-order chi connectivity index (χ0) is 15.2. The molecule has 0 aliphatic heterocycles. The highest BCUT2D eigenvalue weighted by Crippen LogP contribution is 2.16. The van der Waals surface area contributed by atoms with Crippen molar-refractivity contribution in [3.63, 3.8) is 0 Å². The maximum absolute atomic E-state index is 12.1. The van der Waals surface area contributed by atoms with E-state index in [0.29, 0.717) is 22.8 Å². The molecule has 5 nitrogen and oxygen atoms in total. The number of primary amides is 1. The molecule has 2 aromatic carbocycles. The molecule has 4 N–H and O–H groups in total. The van der Waals surface area contributed by atoms with E-state index in [-0.39, 0.29) is 5.91 Å². The van der Waals surface area contributed by atoms with Gasteiger partial charge < -0.3 is 16.4 Å². The molecule has 0 atom stereocenters. The maximum atomic E-state index is 12.1. The van der Waals surface area contributed by atoms with Crippen molar-refractivity contribution < 1.29 is 9.59 Å². The van der Waals surface area contributed by atoms with Crippen LogP contribution in [0.5, 0.6) is 0 Å². The predicted molar refractivity (Wildman–Crippen MR) is 83.6 cm³/mol. The van der Waals surface area contributed by atoms with Gasteiger partial charge in [0.15, 0.2) is 0 Å². The lowest BCUT2D eigenvalue weighted by Crippen LogP contribution is -2.19. The van der Waals surface area contributed by atoms with Crippen molar-refractivity contribution in [1.29, 1.82) is 0 Å². The third-order valence-corrected chi connectivity index (χ3v) is 3.07. The molecule has 0 aliphatic rings. The van der Waals surface area contributed by atoms with E-state index in [2.05, 4.69) is 10.6 Å². The zero-order valence-corrected chi connectivity index (χ0v) is 11.9. The number of nitrogens with one attached hydrogen (secondary N) is 2. The normalized spacial score (nSPS) is 9.95. The highest BCUT2D eigenvalue weighted by molar-refractivity contribution is 6.17. The largest absolute Gasteiger partial charge is 0.351 e. The number of anilines is 2. The van der Waals surface area contributed by atoms with E-state index in [4.69, 9.17) is 17.3 Å². The number of carbonyl (C=O) groups excluding carboxylic acids is 2. The number of hydrogen-bond donors (Lipinski definition) is 3. The Bertz CT molecular complexity index is 656. The molecule has 0 bridgehead atoms. The maximum Gasteiger partial charge on any atom is 0.316 e. The van der Waals surface area contributed by atoms with Crippen LogP contribution in [0.1, 0.15) is 15.9 Å². The van der Waals surface area contributed by atoms with E-state index in [1.54, 1.807) is 48.5 Å². The zero-order valence-electron chi connectivity index (χ0n) is 11.1. The predicted octanol–water partition coefficient (Wildman–Crippen LogP) is 3.17. The number of carbonyl (C=O) groups is 2. The summed E-state index contributed by atoms with van der Waals surface area (Å²) in [6.07, 6.45) is 0. The summed E-state index contributed by atoms with van der Waals surface area (Å²) in [6, 6.07) is 13.1. The summed E-state index contributed by atoms with van der Waals surface area (Å²) in [5.74, 6) is 0.162. The van der Waals surface area contributed by atoms with Crippen LogP contribution >= 0.6 is 11.6 Å². The summed E-state index contributed by atoms with van der Waals surface area (Å²) in [4.78, 5) is 22.9. The first-order valence-electron chi connectivity index (χ1n) is 6.21. The standard InChI is InChI=1S/C15H14ClN3O2/c16-9-10-4-6-11(7-5-10)14(20)18-12-2-1-3-13(8-12)19-15(17)21/h1-8H,9H2,(H,18,20)(H3,17,19,21). The van der Waals surface area contributed by atoms with Crippen LogP contribution in [-0.2, 0) is 5.88 Å². The van der Waals surface area contributed by atoms with Gasteiger partial charge in [-0.25, -0.2) is 4.79 Å². The average molecular weight is 304 g/mol.